The van der Waals surface area contributed by atoms with Gasteiger partial charge in [-0.25, -0.2) is 0 Å². The average molecular weight is 276 g/mol. The van der Waals surface area contributed by atoms with E-state index in [9.17, 15) is 5.11 Å². The summed E-state index contributed by atoms with van der Waals surface area (Å²) in [7, 11) is 0. The van der Waals surface area contributed by atoms with Crippen LogP contribution in [0, 0.1) is 5.92 Å². The summed E-state index contributed by atoms with van der Waals surface area (Å²) in [5.41, 5.74) is 1.20. The summed E-state index contributed by atoms with van der Waals surface area (Å²) in [6, 6.07) is 7.59. The Labute approximate surface area is 120 Å². The van der Waals surface area contributed by atoms with Gasteiger partial charge in [-0.2, -0.15) is 0 Å². The van der Waals surface area contributed by atoms with E-state index < -0.39 is 0 Å². The van der Waals surface area contributed by atoms with Crippen LogP contribution in [-0.4, -0.2) is 60.8 Å². The predicted octanol–water partition coefficient (Wildman–Crippen LogP) is 1.55. The van der Waals surface area contributed by atoms with Gasteiger partial charge >= 0.3 is 0 Å². The van der Waals surface area contributed by atoms with Gasteiger partial charge in [0.25, 0.3) is 0 Å². The van der Waals surface area contributed by atoms with Crippen molar-refractivity contribution in [3.63, 3.8) is 0 Å². The quantitative estimate of drug-likeness (QED) is 0.905. The van der Waals surface area contributed by atoms with Crippen molar-refractivity contribution < 1.29 is 9.84 Å². The highest BCUT2D eigenvalue weighted by atomic mass is 16.5. The van der Waals surface area contributed by atoms with E-state index in [1.54, 1.807) is 6.07 Å². The van der Waals surface area contributed by atoms with Crippen molar-refractivity contribution in [3.8, 4) is 5.75 Å². The SMILES string of the molecule is Oc1cccc(CN2CCN(CC3CCOC3)CC2)c1. The highest BCUT2D eigenvalue weighted by molar-refractivity contribution is 5.27. The van der Waals surface area contributed by atoms with Crippen molar-refractivity contribution in [2.24, 2.45) is 5.92 Å². The van der Waals surface area contributed by atoms with E-state index in [0.717, 1.165) is 51.9 Å². The molecule has 4 nitrogen and oxygen atoms in total. The molecule has 2 aliphatic heterocycles. The number of rotatable bonds is 4. The van der Waals surface area contributed by atoms with Gasteiger partial charge in [0.05, 0.1) is 6.61 Å². The summed E-state index contributed by atoms with van der Waals surface area (Å²) in [4.78, 5) is 5.04. The monoisotopic (exact) mass is 276 g/mol. The van der Waals surface area contributed by atoms with Gasteiger partial charge in [-0.05, 0) is 30.0 Å². The first kappa shape index (κ1) is 13.9. The molecule has 1 aromatic rings. The summed E-state index contributed by atoms with van der Waals surface area (Å²) in [6.45, 7) is 8.55. The first-order valence-electron chi connectivity index (χ1n) is 7.60. The van der Waals surface area contributed by atoms with Crippen LogP contribution in [0.4, 0.5) is 0 Å². The number of piperazine rings is 1. The highest BCUT2D eigenvalue weighted by Crippen LogP contribution is 2.17. The number of aromatic hydroxyl groups is 1. The van der Waals surface area contributed by atoms with E-state index in [1.807, 2.05) is 12.1 Å². The van der Waals surface area contributed by atoms with Crippen LogP contribution < -0.4 is 0 Å². The Morgan fingerprint density at radius 1 is 1.15 bits per heavy atom. The molecule has 2 heterocycles. The second kappa shape index (κ2) is 6.57. The van der Waals surface area contributed by atoms with E-state index in [2.05, 4.69) is 15.9 Å². The van der Waals surface area contributed by atoms with E-state index in [4.69, 9.17) is 4.74 Å². The van der Waals surface area contributed by atoms with E-state index in [-0.39, 0.29) is 0 Å². The van der Waals surface area contributed by atoms with Gasteiger partial charge in [0, 0.05) is 45.9 Å². The highest BCUT2D eigenvalue weighted by Gasteiger charge is 2.22. The Bertz CT molecular complexity index is 424. The first-order valence-corrected chi connectivity index (χ1v) is 7.60. The molecule has 0 saturated carbocycles. The normalized spacial score (nSPS) is 25.1. The lowest BCUT2D eigenvalue weighted by Gasteiger charge is -2.35. The van der Waals surface area contributed by atoms with Gasteiger partial charge in [-0.15, -0.1) is 0 Å². The van der Waals surface area contributed by atoms with Crippen LogP contribution in [0.3, 0.4) is 0 Å². The van der Waals surface area contributed by atoms with Crippen LogP contribution in [0.25, 0.3) is 0 Å². The molecule has 0 radical (unpaired) electrons. The summed E-state index contributed by atoms with van der Waals surface area (Å²) < 4.78 is 5.45. The standard InChI is InChI=1S/C16H24N2O2/c19-16-3-1-2-14(10-16)11-17-5-7-18(8-6-17)12-15-4-9-20-13-15/h1-3,10,15,19H,4-9,11-13H2. The molecule has 0 spiro atoms. The molecule has 110 valence electrons. The van der Waals surface area contributed by atoms with Crippen LogP contribution in [0.5, 0.6) is 5.75 Å². The zero-order chi connectivity index (χ0) is 13.8. The molecule has 0 aliphatic carbocycles. The number of ether oxygens (including phenoxy) is 1. The molecule has 0 amide bonds. The molecule has 1 atom stereocenters. The number of nitrogens with zero attached hydrogens (tertiary/aromatic N) is 2. The molecule has 4 heteroatoms. The third-order valence-corrected chi connectivity index (χ3v) is 4.32. The van der Waals surface area contributed by atoms with Gasteiger partial charge in [0.2, 0.25) is 0 Å². The van der Waals surface area contributed by atoms with Gasteiger partial charge in [-0.3, -0.25) is 4.90 Å². The minimum absolute atomic E-state index is 0.363. The molecule has 1 aromatic carbocycles. The van der Waals surface area contributed by atoms with E-state index in [0.29, 0.717) is 5.75 Å². The number of benzene rings is 1. The maximum atomic E-state index is 9.51. The van der Waals surface area contributed by atoms with Gasteiger partial charge in [0.15, 0.2) is 0 Å². The van der Waals surface area contributed by atoms with Crippen molar-refractivity contribution in [1.82, 2.24) is 9.80 Å². The molecule has 3 rings (SSSR count). The molecule has 0 bridgehead atoms. The van der Waals surface area contributed by atoms with E-state index >= 15 is 0 Å². The topological polar surface area (TPSA) is 35.9 Å². The Kier molecular flexibility index (Phi) is 4.55. The second-order valence-corrected chi connectivity index (χ2v) is 5.98. The molecule has 2 fully saturated rings. The van der Waals surface area contributed by atoms with Crippen molar-refractivity contribution in [2.45, 2.75) is 13.0 Å². The van der Waals surface area contributed by atoms with Crippen molar-refractivity contribution in [2.75, 3.05) is 45.9 Å². The number of phenols is 1. The fourth-order valence-corrected chi connectivity index (χ4v) is 3.14. The fourth-order valence-electron chi connectivity index (χ4n) is 3.14. The summed E-state index contributed by atoms with van der Waals surface area (Å²) in [5, 5.41) is 9.51. The number of phenolic OH excluding ortho intramolecular Hbond substituents is 1. The van der Waals surface area contributed by atoms with Gasteiger partial charge in [-0.1, -0.05) is 12.1 Å². The average Bonchev–Trinajstić information content (AvgIpc) is 2.94. The number of hydrogen-bond donors (Lipinski definition) is 1. The van der Waals surface area contributed by atoms with Gasteiger partial charge < -0.3 is 14.7 Å². The van der Waals surface area contributed by atoms with Crippen LogP contribution in [0.2, 0.25) is 0 Å². The maximum absolute atomic E-state index is 9.51. The lowest BCUT2D eigenvalue weighted by Crippen LogP contribution is -2.47. The third kappa shape index (κ3) is 3.72. The molecule has 1 unspecified atom stereocenters. The van der Waals surface area contributed by atoms with Gasteiger partial charge in [0.1, 0.15) is 5.75 Å². The van der Waals surface area contributed by atoms with Crippen LogP contribution >= 0.6 is 0 Å². The zero-order valence-electron chi connectivity index (χ0n) is 12.0. The predicted molar refractivity (Wildman–Crippen MR) is 78.7 cm³/mol. The maximum Gasteiger partial charge on any atom is 0.115 e. The van der Waals surface area contributed by atoms with Crippen LogP contribution in [-0.2, 0) is 11.3 Å². The minimum Gasteiger partial charge on any atom is -0.508 e. The summed E-state index contributed by atoms with van der Waals surface area (Å²) >= 11 is 0. The number of hydrogen-bond acceptors (Lipinski definition) is 4. The molecule has 20 heavy (non-hydrogen) atoms. The molecule has 2 aliphatic rings. The molecule has 1 N–H and O–H groups in total. The van der Waals surface area contributed by atoms with E-state index in [1.165, 1.54) is 18.5 Å². The van der Waals surface area contributed by atoms with Crippen LogP contribution in [0.1, 0.15) is 12.0 Å². The molecular formula is C16H24N2O2. The van der Waals surface area contributed by atoms with Crippen LogP contribution in [0.15, 0.2) is 24.3 Å². The summed E-state index contributed by atoms with van der Waals surface area (Å²) in [5.74, 6) is 1.11. The molecular weight excluding hydrogens is 252 g/mol. The first-order chi connectivity index (χ1) is 9.79. The smallest absolute Gasteiger partial charge is 0.115 e. The third-order valence-electron chi connectivity index (χ3n) is 4.32. The van der Waals surface area contributed by atoms with Crippen molar-refractivity contribution in [1.29, 1.82) is 0 Å². The largest absolute Gasteiger partial charge is 0.508 e. The molecule has 0 aromatic heterocycles. The Hall–Kier alpha value is -1.10. The molecule has 2 saturated heterocycles. The lowest BCUT2D eigenvalue weighted by molar-refractivity contribution is 0.107. The zero-order valence-corrected chi connectivity index (χ0v) is 12.0. The Morgan fingerprint density at radius 2 is 1.95 bits per heavy atom. The lowest BCUT2D eigenvalue weighted by atomic mass is 10.1. The second-order valence-electron chi connectivity index (χ2n) is 5.98. The fraction of sp³-hybridized carbons (Fsp3) is 0.625. The van der Waals surface area contributed by atoms with Crippen molar-refractivity contribution >= 4 is 0 Å². The Balaban J connectivity index is 1.43. The van der Waals surface area contributed by atoms with Crippen molar-refractivity contribution in [3.05, 3.63) is 29.8 Å². The summed E-state index contributed by atoms with van der Waals surface area (Å²) in [6.07, 6.45) is 1.23. The Morgan fingerprint density at radius 3 is 2.65 bits per heavy atom. The minimum atomic E-state index is 0.363.